The first-order valence-corrected chi connectivity index (χ1v) is 6.95. The van der Waals surface area contributed by atoms with Crippen LogP contribution in [0.2, 0.25) is 0 Å². The van der Waals surface area contributed by atoms with Crippen LogP contribution in [-0.2, 0) is 6.61 Å². The SMILES string of the molecule is Cc1cc(C(C)Nc2ccc(CO)cc2)c(C)s1. The Morgan fingerprint density at radius 1 is 1.22 bits per heavy atom. The molecule has 2 rings (SSSR count). The number of benzene rings is 1. The minimum Gasteiger partial charge on any atom is -0.392 e. The molecule has 18 heavy (non-hydrogen) atoms. The predicted octanol–water partition coefficient (Wildman–Crippen LogP) is 4.03. The molecule has 1 heterocycles. The molecule has 2 N–H and O–H groups in total. The van der Waals surface area contributed by atoms with Gasteiger partial charge in [-0.15, -0.1) is 11.3 Å². The molecule has 1 aromatic carbocycles. The number of hydrogen-bond acceptors (Lipinski definition) is 3. The fourth-order valence-corrected chi connectivity index (χ4v) is 3.14. The zero-order valence-electron chi connectivity index (χ0n) is 11.0. The lowest BCUT2D eigenvalue weighted by Gasteiger charge is -2.15. The van der Waals surface area contributed by atoms with Gasteiger partial charge in [-0.1, -0.05) is 12.1 Å². The van der Waals surface area contributed by atoms with E-state index in [4.69, 9.17) is 5.11 Å². The minimum absolute atomic E-state index is 0.0959. The van der Waals surface area contributed by atoms with Crippen LogP contribution in [0.25, 0.3) is 0 Å². The van der Waals surface area contributed by atoms with Gasteiger partial charge in [0, 0.05) is 21.5 Å². The molecule has 0 spiro atoms. The van der Waals surface area contributed by atoms with Gasteiger partial charge in [-0.05, 0) is 50.1 Å². The second-order valence-corrected chi connectivity index (χ2v) is 6.05. The maximum Gasteiger partial charge on any atom is 0.0681 e. The van der Waals surface area contributed by atoms with Crippen LogP contribution < -0.4 is 5.32 Å². The van der Waals surface area contributed by atoms with Crippen LogP contribution in [0, 0.1) is 13.8 Å². The van der Waals surface area contributed by atoms with Crippen LogP contribution in [0.3, 0.4) is 0 Å². The normalized spacial score (nSPS) is 12.4. The molecule has 0 aliphatic heterocycles. The lowest BCUT2D eigenvalue weighted by atomic mass is 10.1. The molecule has 1 atom stereocenters. The Morgan fingerprint density at radius 2 is 1.89 bits per heavy atom. The molecular formula is C15H19NOS. The fourth-order valence-electron chi connectivity index (χ4n) is 2.11. The number of aliphatic hydroxyl groups is 1. The van der Waals surface area contributed by atoms with Crippen LogP contribution in [0.5, 0.6) is 0 Å². The average Bonchev–Trinajstić information content (AvgIpc) is 2.69. The van der Waals surface area contributed by atoms with Crippen LogP contribution in [0.4, 0.5) is 5.69 Å². The first kappa shape index (κ1) is 13.1. The number of rotatable bonds is 4. The molecule has 0 fully saturated rings. The van der Waals surface area contributed by atoms with Crippen molar-refractivity contribution in [3.63, 3.8) is 0 Å². The van der Waals surface area contributed by atoms with Gasteiger partial charge in [0.1, 0.15) is 0 Å². The van der Waals surface area contributed by atoms with Crippen molar-refractivity contribution < 1.29 is 5.11 Å². The molecule has 2 aromatic rings. The minimum atomic E-state index is 0.0959. The number of hydrogen-bond donors (Lipinski definition) is 2. The van der Waals surface area contributed by atoms with E-state index in [1.54, 1.807) is 0 Å². The zero-order chi connectivity index (χ0) is 13.1. The fraction of sp³-hybridized carbons (Fsp3) is 0.333. The van der Waals surface area contributed by atoms with E-state index in [1.807, 2.05) is 35.6 Å². The molecule has 96 valence electrons. The molecule has 2 nitrogen and oxygen atoms in total. The van der Waals surface area contributed by atoms with E-state index in [-0.39, 0.29) is 6.61 Å². The molecule has 3 heteroatoms. The average molecular weight is 261 g/mol. The summed E-state index contributed by atoms with van der Waals surface area (Å²) >= 11 is 1.84. The summed E-state index contributed by atoms with van der Waals surface area (Å²) in [6.07, 6.45) is 0. The van der Waals surface area contributed by atoms with Crippen molar-refractivity contribution >= 4 is 17.0 Å². The largest absolute Gasteiger partial charge is 0.392 e. The molecule has 0 saturated carbocycles. The highest BCUT2D eigenvalue weighted by molar-refractivity contribution is 7.12. The summed E-state index contributed by atoms with van der Waals surface area (Å²) in [6, 6.07) is 10.5. The Balaban J connectivity index is 2.10. The van der Waals surface area contributed by atoms with Crippen LogP contribution in [0.1, 0.15) is 33.8 Å². The molecule has 0 amide bonds. The third-order valence-electron chi connectivity index (χ3n) is 3.07. The topological polar surface area (TPSA) is 32.3 Å². The monoisotopic (exact) mass is 261 g/mol. The first-order valence-electron chi connectivity index (χ1n) is 6.13. The van der Waals surface area contributed by atoms with Gasteiger partial charge >= 0.3 is 0 Å². The molecule has 0 aliphatic carbocycles. The van der Waals surface area contributed by atoms with Crippen molar-refractivity contribution in [1.82, 2.24) is 0 Å². The third-order valence-corrected chi connectivity index (χ3v) is 4.05. The van der Waals surface area contributed by atoms with Crippen LogP contribution in [-0.4, -0.2) is 5.11 Å². The number of thiophene rings is 1. The van der Waals surface area contributed by atoms with Crippen molar-refractivity contribution in [3.05, 3.63) is 51.2 Å². The zero-order valence-corrected chi connectivity index (χ0v) is 11.8. The molecular weight excluding hydrogens is 242 g/mol. The Bertz CT molecular complexity index is 516. The summed E-state index contributed by atoms with van der Waals surface area (Å²) < 4.78 is 0. The summed E-state index contributed by atoms with van der Waals surface area (Å²) in [7, 11) is 0. The van der Waals surface area contributed by atoms with Crippen molar-refractivity contribution in [2.24, 2.45) is 0 Å². The van der Waals surface area contributed by atoms with Crippen molar-refractivity contribution in [2.45, 2.75) is 33.4 Å². The smallest absolute Gasteiger partial charge is 0.0681 e. The van der Waals surface area contributed by atoms with E-state index < -0.39 is 0 Å². The van der Waals surface area contributed by atoms with Crippen molar-refractivity contribution in [1.29, 1.82) is 0 Å². The lowest BCUT2D eigenvalue weighted by molar-refractivity contribution is 0.282. The molecule has 1 unspecified atom stereocenters. The third kappa shape index (κ3) is 2.92. The van der Waals surface area contributed by atoms with Gasteiger partial charge in [0.15, 0.2) is 0 Å². The highest BCUT2D eigenvalue weighted by Gasteiger charge is 2.10. The van der Waals surface area contributed by atoms with E-state index >= 15 is 0 Å². The van der Waals surface area contributed by atoms with Crippen molar-refractivity contribution in [2.75, 3.05) is 5.32 Å². The Hall–Kier alpha value is -1.32. The number of nitrogens with one attached hydrogen (secondary N) is 1. The predicted molar refractivity (Wildman–Crippen MR) is 78.2 cm³/mol. The second-order valence-electron chi connectivity index (χ2n) is 4.59. The number of aryl methyl sites for hydroxylation is 2. The quantitative estimate of drug-likeness (QED) is 0.871. The standard InChI is InChI=1S/C15H19NOS/c1-10-8-15(12(3)18-10)11(2)16-14-6-4-13(9-17)5-7-14/h4-8,11,16-17H,9H2,1-3H3. The summed E-state index contributed by atoms with van der Waals surface area (Å²) in [4.78, 5) is 2.73. The maximum atomic E-state index is 9.01. The lowest BCUT2D eigenvalue weighted by Crippen LogP contribution is -2.06. The first-order chi connectivity index (χ1) is 8.60. The van der Waals surface area contributed by atoms with Gasteiger partial charge in [-0.2, -0.15) is 0 Å². The van der Waals surface area contributed by atoms with Crippen LogP contribution >= 0.6 is 11.3 Å². The summed E-state index contributed by atoms with van der Waals surface area (Å²) in [6.45, 7) is 6.58. The van der Waals surface area contributed by atoms with E-state index in [2.05, 4.69) is 32.2 Å². The number of anilines is 1. The van der Waals surface area contributed by atoms with Gasteiger partial charge in [0.2, 0.25) is 0 Å². The highest BCUT2D eigenvalue weighted by Crippen LogP contribution is 2.28. The Labute approximate surface area is 112 Å². The molecule has 1 aromatic heterocycles. The Morgan fingerprint density at radius 3 is 2.39 bits per heavy atom. The summed E-state index contributed by atoms with van der Waals surface area (Å²) in [5.41, 5.74) is 3.39. The molecule has 0 radical (unpaired) electrons. The van der Waals surface area contributed by atoms with Crippen LogP contribution in [0.15, 0.2) is 30.3 Å². The molecule has 0 saturated heterocycles. The Kier molecular flexibility index (Phi) is 4.04. The summed E-state index contributed by atoms with van der Waals surface area (Å²) in [5, 5.41) is 12.5. The van der Waals surface area contributed by atoms with Gasteiger partial charge in [0.25, 0.3) is 0 Å². The highest BCUT2D eigenvalue weighted by atomic mass is 32.1. The molecule has 0 aliphatic rings. The van der Waals surface area contributed by atoms with Gasteiger partial charge in [-0.3, -0.25) is 0 Å². The van der Waals surface area contributed by atoms with E-state index in [9.17, 15) is 0 Å². The van der Waals surface area contributed by atoms with Gasteiger partial charge < -0.3 is 10.4 Å². The van der Waals surface area contributed by atoms with E-state index in [1.165, 1.54) is 15.3 Å². The maximum absolute atomic E-state index is 9.01. The van der Waals surface area contributed by atoms with Crippen molar-refractivity contribution in [3.8, 4) is 0 Å². The van der Waals surface area contributed by atoms with E-state index in [0.717, 1.165) is 11.3 Å². The number of aliphatic hydroxyl groups excluding tert-OH is 1. The molecule has 0 bridgehead atoms. The summed E-state index contributed by atoms with van der Waals surface area (Å²) in [5.74, 6) is 0. The van der Waals surface area contributed by atoms with E-state index in [0.29, 0.717) is 6.04 Å². The van der Waals surface area contributed by atoms with Gasteiger partial charge in [-0.25, -0.2) is 0 Å². The second kappa shape index (κ2) is 5.55. The van der Waals surface area contributed by atoms with Gasteiger partial charge in [0.05, 0.1) is 6.61 Å².